The Balaban J connectivity index is 1.59. The quantitative estimate of drug-likeness (QED) is 0.788. The number of aryl methyl sites for hydroxylation is 1. The summed E-state index contributed by atoms with van der Waals surface area (Å²) < 4.78 is 15.9. The van der Waals surface area contributed by atoms with Crippen LogP contribution in [0.25, 0.3) is 0 Å². The largest absolute Gasteiger partial charge is 0.491 e. The molecule has 0 aliphatic carbocycles. The zero-order valence-corrected chi connectivity index (χ0v) is 15.5. The van der Waals surface area contributed by atoms with Crippen molar-refractivity contribution in [3.05, 3.63) is 59.2 Å². The number of ether oxygens (including phenoxy) is 3. The number of nitrogens with one attached hydrogen (secondary N) is 1. The monoisotopic (exact) mass is 369 g/mol. The van der Waals surface area contributed by atoms with Crippen molar-refractivity contribution in [1.29, 1.82) is 0 Å². The molecule has 1 N–H and O–H groups in total. The Labute approximate surface area is 158 Å². The molecule has 1 amide bonds. The lowest BCUT2D eigenvalue weighted by Crippen LogP contribution is -2.16. The van der Waals surface area contributed by atoms with Gasteiger partial charge in [-0.15, -0.1) is 0 Å². The van der Waals surface area contributed by atoms with Gasteiger partial charge in [-0.2, -0.15) is 0 Å². The van der Waals surface area contributed by atoms with E-state index in [9.17, 15) is 9.59 Å². The number of anilines is 1. The molecule has 2 aromatic carbocycles. The van der Waals surface area contributed by atoms with E-state index < -0.39 is 5.97 Å². The van der Waals surface area contributed by atoms with Gasteiger partial charge in [0.05, 0.1) is 18.8 Å². The minimum Gasteiger partial charge on any atom is -0.491 e. The fourth-order valence-electron chi connectivity index (χ4n) is 2.91. The molecule has 1 aliphatic rings. The third-order valence-electron chi connectivity index (χ3n) is 4.47. The van der Waals surface area contributed by atoms with Gasteiger partial charge in [0.1, 0.15) is 12.4 Å². The Hall–Kier alpha value is -2.86. The van der Waals surface area contributed by atoms with Crippen LogP contribution in [0.4, 0.5) is 5.69 Å². The number of amides is 1. The van der Waals surface area contributed by atoms with E-state index in [-0.39, 0.29) is 12.0 Å². The first kappa shape index (κ1) is 18.9. The lowest BCUT2D eigenvalue weighted by atomic mass is 10.1. The van der Waals surface area contributed by atoms with E-state index in [1.807, 2.05) is 6.92 Å². The summed E-state index contributed by atoms with van der Waals surface area (Å²) in [5.41, 5.74) is 2.39. The van der Waals surface area contributed by atoms with Crippen molar-refractivity contribution < 1.29 is 23.8 Å². The average molecular weight is 369 g/mol. The summed E-state index contributed by atoms with van der Waals surface area (Å²) in [5.74, 6) is 0.0739. The molecule has 0 aromatic heterocycles. The molecule has 142 valence electrons. The first-order valence-electron chi connectivity index (χ1n) is 8.91. The molecule has 3 rings (SSSR count). The van der Waals surface area contributed by atoms with Gasteiger partial charge in [-0.05, 0) is 67.8 Å². The van der Waals surface area contributed by atoms with E-state index in [1.54, 1.807) is 42.5 Å². The molecule has 1 heterocycles. The molecule has 0 radical (unpaired) electrons. The highest BCUT2D eigenvalue weighted by molar-refractivity contribution is 6.05. The normalized spacial score (nSPS) is 16.0. The fourth-order valence-corrected chi connectivity index (χ4v) is 2.91. The third-order valence-corrected chi connectivity index (χ3v) is 4.47. The van der Waals surface area contributed by atoms with Gasteiger partial charge in [-0.1, -0.05) is 0 Å². The Kier molecular flexibility index (Phi) is 6.08. The molecular formula is C21H23NO5. The average Bonchev–Trinajstić information content (AvgIpc) is 3.21. The highest BCUT2D eigenvalue weighted by atomic mass is 16.5. The maximum Gasteiger partial charge on any atom is 0.337 e. The summed E-state index contributed by atoms with van der Waals surface area (Å²) in [5, 5.41) is 2.86. The highest BCUT2D eigenvalue weighted by Gasteiger charge is 2.16. The topological polar surface area (TPSA) is 73.9 Å². The number of methoxy groups -OCH3 is 1. The van der Waals surface area contributed by atoms with Gasteiger partial charge in [0.25, 0.3) is 5.91 Å². The number of esters is 1. The number of benzene rings is 2. The van der Waals surface area contributed by atoms with Crippen molar-refractivity contribution in [2.75, 3.05) is 25.6 Å². The van der Waals surface area contributed by atoms with Gasteiger partial charge in [-0.25, -0.2) is 4.79 Å². The third kappa shape index (κ3) is 4.86. The second-order valence-electron chi connectivity index (χ2n) is 6.45. The van der Waals surface area contributed by atoms with Crippen LogP contribution in [0.3, 0.4) is 0 Å². The van der Waals surface area contributed by atoms with Crippen LogP contribution >= 0.6 is 0 Å². The standard InChI is InChI=1S/C21H23NO5/c1-14-12-16(21(24)25-2)7-10-19(14)22-20(23)15-5-8-17(9-6-15)27-13-18-4-3-11-26-18/h5-10,12,18H,3-4,11,13H2,1-2H3,(H,22,23)/t18-/m0/s1. The van der Waals surface area contributed by atoms with Gasteiger partial charge in [0, 0.05) is 17.9 Å². The van der Waals surface area contributed by atoms with Crippen LogP contribution in [0.15, 0.2) is 42.5 Å². The Morgan fingerprint density at radius 1 is 1.15 bits per heavy atom. The van der Waals surface area contributed by atoms with Gasteiger partial charge >= 0.3 is 5.97 Å². The molecule has 27 heavy (non-hydrogen) atoms. The van der Waals surface area contributed by atoms with Crippen LogP contribution in [-0.4, -0.2) is 38.3 Å². The first-order chi connectivity index (χ1) is 13.1. The van der Waals surface area contributed by atoms with Crippen molar-refractivity contribution in [2.24, 2.45) is 0 Å². The van der Waals surface area contributed by atoms with Crippen molar-refractivity contribution in [1.82, 2.24) is 0 Å². The predicted molar refractivity (Wildman–Crippen MR) is 101 cm³/mol. The van der Waals surface area contributed by atoms with Crippen LogP contribution in [0.2, 0.25) is 0 Å². The molecule has 1 fully saturated rings. The molecule has 0 bridgehead atoms. The minimum absolute atomic E-state index is 0.156. The lowest BCUT2D eigenvalue weighted by Gasteiger charge is -2.12. The summed E-state index contributed by atoms with van der Waals surface area (Å²) in [6.07, 6.45) is 2.26. The molecule has 2 aromatic rings. The Morgan fingerprint density at radius 2 is 1.89 bits per heavy atom. The smallest absolute Gasteiger partial charge is 0.337 e. The number of hydrogen-bond acceptors (Lipinski definition) is 5. The highest BCUT2D eigenvalue weighted by Crippen LogP contribution is 2.20. The summed E-state index contributed by atoms with van der Waals surface area (Å²) in [6, 6.07) is 12.0. The van der Waals surface area contributed by atoms with Crippen LogP contribution in [0.1, 0.15) is 39.1 Å². The van der Waals surface area contributed by atoms with E-state index in [2.05, 4.69) is 5.32 Å². The minimum atomic E-state index is -0.408. The van der Waals surface area contributed by atoms with Crippen LogP contribution in [0.5, 0.6) is 5.75 Å². The molecule has 0 spiro atoms. The van der Waals surface area contributed by atoms with Gasteiger partial charge in [0.2, 0.25) is 0 Å². The summed E-state index contributed by atoms with van der Waals surface area (Å²) in [6.45, 7) is 3.15. The van der Waals surface area contributed by atoms with E-state index in [1.165, 1.54) is 7.11 Å². The van der Waals surface area contributed by atoms with Crippen LogP contribution in [0, 0.1) is 6.92 Å². The van der Waals surface area contributed by atoms with E-state index in [0.29, 0.717) is 29.2 Å². The number of carbonyl (C=O) groups is 2. The van der Waals surface area contributed by atoms with Crippen LogP contribution < -0.4 is 10.1 Å². The summed E-state index contributed by atoms with van der Waals surface area (Å²) in [4.78, 5) is 24.0. The van der Waals surface area contributed by atoms with E-state index in [0.717, 1.165) is 25.0 Å². The number of hydrogen-bond donors (Lipinski definition) is 1. The Bertz CT molecular complexity index is 810. The lowest BCUT2D eigenvalue weighted by molar-refractivity contribution is 0.0600. The van der Waals surface area contributed by atoms with Gasteiger partial charge < -0.3 is 19.5 Å². The van der Waals surface area contributed by atoms with Crippen molar-refractivity contribution in [3.8, 4) is 5.75 Å². The summed E-state index contributed by atoms with van der Waals surface area (Å²) >= 11 is 0. The molecule has 6 heteroatoms. The Morgan fingerprint density at radius 3 is 2.52 bits per heavy atom. The van der Waals surface area contributed by atoms with E-state index >= 15 is 0 Å². The second-order valence-corrected chi connectivity index (χ2v) is 6.45. The predicted octanol–water partition coefficient (Wildman–Crippen LogP) is 3.59. The number of carbonyl (C=O) groups excluding carboxylic acids is 2. The van der Waals surface area contributed by atoms with Crippen molar-refractivity contribution >= 4 is 17.6 Å². The molecular weight excluding hydrogens is 346 g/mol. The zero-order valence-electron chi connectivity index (χ0n) is 15.5. The molecule has 0 saturated carbocycles. The van der Waals surface area contributed by atoms with E-state index in [4.69, 9.17) is 14.2 Å². The van der Waals surface area contributed by atoms with Gasteiger partial charge in [-0.3, -0.25) is 4.79 Å². The zero-order chi connectivity index (χ0) is 19.2. The SMILES string of the molecule is COC(=O)c1ccc(NC(=O)c2ccc(OC[C@@H]3CCCO3)cc2)c(C)c1. The maximum atomic E-state index is 12.5. The fraction of sp³-hybridized carbons (Fsp3) is 0.333. The molecule has 1 aliphatic heterocycles. The van der Waals surface area contributed by atoms with Gasteiger partial charge in [0.15, 0.2) is 0 Å². The maximum absolute atomic E-state index is 12.5. The first-order valence-corrected chi connectivity index (χ1v) is 8.91. The molecule has 6 nitrogen and oxygen atoms in total. The van der Waals surface area contributed by atoms with Crippen molar-refractivity contribution in [3.63, 3.8) is 0 Å². The second kappa shape index (κ2) is 8.68. The van der Waals surface area contributed by atoms with Crippen LogP contribution in [-0.2, 0) is 9.47 Å². The number of rotatable bonds is 6. The molecule has 1 atom stereocenters. The molecule has 0 unspecified atom stereocenters. The summed E-state index contributed by atoms with van der Waals surface area (Å²) in [7, 11) is 1.33. The molecule has 1 saturated heterocycles. The van der Waals surface area contributed by atoms with Crippen molar-refractivity contribution in [2.45, 2.75) is 25.9 Å².